The van der Waals surface area contributed by atoms with Gasteiger partial charge in [-0.1, -0.05) is 87.3 Å². The number of thiol groups is 1. The van der Waals surface area contributed by atoms with Gasteiger partial charge in [0, 0.05) is 18.5 Å². The molecule has 1 amide bonds. The zero-order chi connectivity index (χ0) is 27.1. The van der Waals surface area contributed by atoms with E-state index in [1.54, 1.807) is 0 Å². The normalized spacial score (nSPS) is 12.2. The second kappa shape index (κ2) is 13.1. The number of amides is 1. The fourth-order valence-electron chi connectivity index (χ4n) is 4.42. The maximum absolute atomic E-state index is 12.6. The fraction of sp³-hybridized carbons (Fsp3) is 0.393. The first-order valence-electron chi connectivity index (χ1n) is 13.0. The van der Waals surface area contributed by atoms with Gasteiger partial charge in [0.15, 0.2) is 11.0 Å². The summed E-state index contributed by atoms with van der Waals surface area (Å²) in [4.78, 5) is 17.3. The van der Waals surface area contributed by atoms with E-state index in [1.807, 2.05) is 18.2 Å². The van der Waals surface area contributed by atoms with Crippen LogP contribution < -0.4 is 5.32 Å². The van der Waals surface area contributed by atoms with Gasteiger partial charge in [-0.2, -0.15) is 12.6 Å². The second-order valence-electron chi connectivity index (χ2n) is 9.81. The van der Waals surface area contributed by atoms with Crippen LogP contribution in [-0.4, -0.2) is 41.3 Å². The first kappa shape index (κ1) is 27.9. The Bertz CT molecular complexity index is 1340. The van der Waals surface area contributed by atoms with Gasteiger partial charge in [0.25, 0.3) is 0 Å². The largest absolute Gasteiger partial charge is 0.349 e. The van der Waals surface area contributed by atoms with Gasteiger partial charge in [-0.15, -0.1) is 5.10 Å². The van der Waals surface area contributed by atoms with E-state index in [0.717, 1.165) is 53.0 Å². The van der Waals surface area contributed by atoms with Crippen molar-refractivity contribution in [3.8, 4) is 22.5 Å². The molecule has 0 bridgehead atoms. The van der Waals surface area contributed by atoms with Crippen molar-refractivity contribution in [1.82, 2.24) is 35.5 Å². The number of aryl methyl sites for hydroxylation is 1. The number of carbonyl (C=O) groups excluding carboxylic acids is 1. The number of nitrogens with one attached hydrogen (secondary N) is 2. The zero-order valence-electron chi connectivity index (χ0n) is 22.0. The van der Waals surface area contributed by atoms with Gasteiger partial charge in [-0.3, -0.25) is 4.79 Å². The summed E-state index contributed by atoms with van der Waals surface area (Å²) < 4.78 is 2.14. The third-order valence-corrected chi connectivity index (χ3v) is 7.17. The van der Waals surface area contributed by atoms with Crippen LogP contribution in [0.15, 0.2) is 48.5 Å². The third kappa shape index (κ3) is 6.82. The van der Waals surface area contributed by atoms with Gasteiger partial charge in [0.1, 0.15) is 5.82 Å². The van der Waals surface area contributed by atoms with Crippen LogP contribution in [0.2, 0.25) is 5.15 Å². The molecule has 0 spiro atoms. The average Bonchev–Trinajstić information content (AvgIpc) is 3.54. The highest BCUT2D eigenvalue weighted by Crippen LogP contribution is 2.30. The molecule has 1 atom stereocenters. The average molecular weight is 552 g/mol. The summed E-state index contributed by atoms with van der Waals surface area (Å²) in [5, 5.41) is 17.4. The molecule has 2 heterocycles. The molecule has 0 radical (unpaired) electrons. The number of aromatic nitrogens is 6. The van der Waals surface area contributed by atoms with Crippen molar-refractivity contribution in [2.75, 3.05) is 0 Å². The molecule has 0 fully saturated rings. The molecular formula is C28H34ClN7OS. The fourth-order valence-corrected chi connectivity index (χ4v) is 5.19. The summed E-state index contributed by atoms with van der Waals surface area (Å²) in [5.74, 6) is 1.85. The molecule has 10 heteroatoms. The minimum Gasteiger partial charge on any atom is -0.349 e. The van der Waals surface area contributed by atoms with Gasteiger partial charge < -0.3 is 9.88 Å². The van der Waals surface area contributed by atoms with Gasteiger partial charge in [-0.05, 0) is 45.9 Å². The first-order chi connectivity index (χ1) is 18.4. The van der Waals surface area contributed by atoms with Crippen molar-refractivity contribution in [2.24, 2.45) is 5.92 Å². The van der Waals surface area contributed by atoms with E-state index in [0.29, 0.717) is 36.4 Å². The van der Waals surface area contributed by atoms with Crippen LogP contribution >= 0.6 is 24.2 Å². The lowest BCUT2D eigenvalue weighted by Gasteiger charge is -2.16. The Kier molecular flexibility index (Phi) is 9.58. The molecule has 4 rings (SSSR count). The van der Waals surface area contributed by atoms with Crippen LogP contribution in [0, 0.1) is 5.92 Å². The summed E-state index contributed by atoms with van der Waals surface area (Å²) in [6.45, 7) is 7.23. The summed E-state index contributed by atoms with van der Waals surface area (Å²) in [7, 11) is 0. The lowest BCUT2D eigenvalue weighted by molar-refractivity contribution is -0.121. The molecule has 0 saturated heterocycles. The molecule has 0 aliphatic heterocycles. The van der Waals surface area contributed by atoms with Crippen LogP contribution in [0.1, 0.15) is 57.1 Å². The minimum atomic E-state index is -0.354. The molecule has 8 nitrogen and oxygen atoms in total. The lowest BCUT2D eigenvalue weighted by atomic mass is 9.98. The molecule has 0 unspecified atom stereocenters. The number of hydrogen-bond acceptors (Lipinski definition) is 6. The quantitative estimate of drug-likeness (QED) is 0.195. The Morgan fingerprint density at radius 1 is 1.13 bits per heavy atom. The number of tetrazole rings is 1. The molecule has 200 valence electrons. The summed E-state index contributed by atoms with van der Waals surface area (Å²) in [6, 6.07) is 16.4. The molecule has 0 saturated carbocycles. The number of halogens is 1. The van der Waals surface area contributed by atoms with E-state index in [9.17, 15) is 4.79 Å². The number of rotatable bonds is 12. The van der Waals surface area contributed by atoms with Crippen molar-refractivity contribution in [3.63, 3.8) is 0 Å². The molecule has 0 aliphatic rings. The van der Waals surface area contributed by atoms with E-state index in [4.69, 9.17) is 11.6 Å². The van der Waals surface area contributed by atoms with Crippen LogP contribution in [0.3, 0.4) is 0 Å². The van der Waals surface area contributed by atoms with Crippen LogP contribution in [0.4, 0.5) is 0 Å². The van der Waals surface area contributed by atoms with Gasteiger partial charge in [0.05, 0.1) is 17.5 Å². The molecular weight excluding hydrogens is 518 g/mol. The van der Waals surface area contributed by atoms with Crippen LogP contribution in [0.25, 0.3) is 22.5 Å². The van der Waals surface area contributed by atoms with Gasteiger partial charge in [0.2, 0.25) is 5.91 Å². The first-order valence-corrected chi connectivity index (χ1v) is 13.9. The Morgan fingerprint density at radius 3 is 2.53 bits per heavy atom. The van der Waals surface area contributed by atoms with Crippen LogP contribution in [0.5, 0.6) is 0 Å². The number of nitrogens with zero attached hydrogens (tertiary/aromatic N) is 5. The Balaban J connectivity index is 1.56. The molecule has 2 aromatic carbocycles. The Hall–Kier alpha value is -3.17. The maximum atomic E-state index is 12.6. The maximum Gasteiger partial charge on any atom is 0.233 e. The third-order valence-electron chi connectivity index (χ3n) is 6.42. The molecule has 38 heavy (non-hydrogen) atoms. The van der Waals surface area contributed by atoms with Crippen LogP contribution in [-0.2, 0) is 24.3 Å². The summed E-state index contributed by atoms with van der Waals surface area (Å²) in [6.07, 6.45) is 3.61. The Morgan fingerprint density at radius 2 is 1.87 bits per heavy atom. The number of benzene rings is 2. The molecule has 4 aromatic rings. The van der Waals surface area contributed by atoms with Crippen molar-refractivity contribution in [2.45, 2.75) is 64.8 Å². The Labute approximate surface area is 234 Å². The highest BCUT2D eigenvalue weighted by Gasteiger charge is 2.20. The summed E-state index contributed by atoms with van der Waals surface area (Å²) >= 11 is 11.1. The van der Waals surface area contributed by atoms with E-state index in [-0.39, 0.29) is 11.2 Å². The monoisotopic (exact) mass is 551 g/mol. The SMILES string of the molecule is CCCCc1nc(Cl)c(CNC(=O)[C@@H](S)CC(C)C)n1Cc1ccc(-c2ccccc2-c2nnn[nH]2)cc1. The summed E-state index contributed by atoms with van der Waals surface area (Å²) in [5.41, 5.74) is 4.96. The minimum absolute atomic E-state index is 0.0917. The van der Waals surface area contributed by atoms with Crippen molar-refractivity contribution >= 4 is 30.1 Å². The molecule has 2 aromatic heterocycles. The molecule has 0 aliphatic carbocycles. The van der Waals surface area contributed by atoms with Gasteiger partial charge >= 0.3 is 0 Å². The smallest absolute Gasteiger partial charge is 0.233 e. The number of hydrogen-bond donors (Lipinski definition) is 3. The van der Waals surface area contributed by atoms with Crippen molar-refractivity contribution < 1.29 is 4.79 Å². The number of imidazole rings is 1. The highest BCUT2D eigenvalue weighted by atomic mass is 35.5. The zero-order valence-corrected chi connectivity index (χ0v) is 23.6. The standard InChI is InChI=1S/C28H34ClN7OS/c1-4-5-10-25-31-26(29)23(16-30-28(37)24(38)15-18(2)3)36(25)17-19-11-13-20(14-12-19)21-8-6-7-9-22(21)27-32-34-35-33-27/h6-9,11-14,18,24,38H,4-5,10,15-17H2,1-3H3,(H,30,37)(H,32,33,34,35)/t24-/m0/s1. The number of H-pyrrole nitrogens is 1. The number of carbonyl (C=O) groups is 1. The highest BCUT2D eigenvalue weighted by molar-refractivity contribution is 7.81. The number of aromatic amines is 1. The van der Waals surface area contributed by atoms with Gasteiger partial charge in [-0.25, -0.2) is 10.1 Å². The molecule has 2 N–H and O–H groups in total. The van der Waals surface area contributed by atoms with E-state index < -0.39 is 0 Å². The lowest BCUT2D eigenvalue weighted by Crippen LogP contribution is -2.32. The van der Waals surface area contributed by atoms with Crippen molar-refractivity contribution in [3.05, 3.63) is 70.8 Å². The topological polar surface area (TPSA) is 101 Å². The second-order valence-corrected chi connectivity index (χ2v) is 10.8. The van der Waals surface area contributed by atoms with E-state index in [2.05, 4.69) is 99.2 Å². The van der Waals surface area contributed by atoms with Crippen molar-refractivity contribution in [1.29, 1.82) is 0 Å². The van der Waals surface area contributed by atoms with E-state index >= 15 is 0 Å². The predicted molar refractivity (Wildman–Crippen MR) is 154 cm³/mol. The van der Waals surface area contributed by atoms with E-state index in [1.165, 1.54) is 0 Å². The predicted octanol–water partition coefficient (Wildman–Crippen LogP) is 5.74. The number of unbranched alkanes of at least 4 members (excludes halogenated alkanes) is 1.